The van der Waals surface area contributed by atoms with Crippen molar-refractivity contribution in [3.8, 4) is 5.75 Å². The molecule has 28 heavy (non-hydrogen) atoms. The highest BCUT2D eigenvalue weighted by atomic mass is 16.5. The summed E-state index contributed by atoms with van der Waals surface area (Å²) in [5.41, 5.74) is 2.57. The number of rotatable bonds is 7. The Labute approximate surface area is 164 Å². The molecule has 142 valence electrons. The number of carbonyl (C=O) groups excluding carboxylic acids is 2. The van der Waals surface area contributed by atoms with Gasteiger partial charge in [-0.25, -0.2) is 0 Å². The van der Waals surface area contributed by atoms with Gasteiger partial charge in [0.05, 0.1) is 5.57 Å². The maximum Gasteiger partial charge on any atom is 0.255 e. The van der Waals surface area contributed by atoms with Crippen LogP contribution in [0.1, 0.15) is 15.9 Å². The largest absolute Gasteiger partial charge is 0.488 e. The molecule has 0 saturated heterocycles. The minimum atomic E-state index is -0.228. The molecule has 0 unspecified atom stereocenters. The van der Waals surface area contributed by atoms with Gasteiger partial charge in [0.2, 0.25) is 0 Å². The molecule has 0 spiro atoms. The van der Waals surface area contributed by atoms with Crippen molar-refractivity contribution in [2.75, 3.05) is 25.0 Å². The highest BCUT2D eigenvalue weighted by Crippen LogP contribution is 2.26. The number of nitrogens with zero attached hydrogens (tertiary/aromatic N) is 1. The molecule has 0 saturated carbocycles. The van der Waals surface area contributed by atoms with Crippen molar-refractivity contribution in [3.05, 3.63) is 90.5 Å². The first-order valence-electron chi connectivity index (χ1n) is 8.97. The van der Waals surface area contributed by atoms with Gasteiger partial charge in [0.25, 0.3) is 11.8 Å². The zero-order valence-corrected chi connectivity index (χ0v) is 15.6. The highest BCUT2D eigenvalue weighted by Gasteiger charge is 2.18. The van der Waals surface area contributed by atoms with Crippen LogP contribution in [0.25, 0.3) is 6.08 Å². The van der Waals surface area contributed by atoms with E-state index in [-0.39, 0.29) is 18.4 Å². The molecule has 0 fully saturated rings. The molecule has 5 nitrogen and oxygen atoms in total. The van der Waals surface area contributed by atoms with Crippen LogP contribution in [0.15, 0.2) is 79.4 Å². The van der Waals surface area contributed by atoms with E-state index in [2.05, 4.69) is 18.5 Å². The Morgan fingerprint density at radius 1 is 1.04 bits per heavy atom. The van der Waals surface area contributed by atoms with Crippen LogP contribution in [-0.2, 0) is 4.79 Å². The van der Waals surface area contributed by atoms with Crippen molar-refractivity contribution in [3.63, 3.8) is 0 Å². The average molecular weight is 374 g/mol. The smallest absolute Gasteiger partial charge is 0.255 e. The van der Waals surface area contributed by atoms with Gasteiger partial charge >= 0.3 is 0 Å². The van der Waals surface area contributed by atoms with Crippen LogP contribution >= 0.6 is 0 Å². The fourth-order valence-electron chi connectivity index (χ4n) is 2.89. The SMILES string of the molecule is C=CCN(CC=C)C(=O)c1ccc(NC(=O)C2=Cc3ccccc3OC2)cc1. The molecule has 0 atom stereocenters. The molecular weight excluding hydrogens is 352 g/mol. The Hall–Kier alpha value is -3.60. The van der Waals surface area contributed by atoms with Gasteiger partial charge in [0, 0.05) is 29.9 Å². The number of ether oxygens (including phenoxy) is 1. The van der Waals surface area contributed by atoms with Crippen molar-refractivity contribution in [2.45, 2.75) is 0 Å². The van der Waals surface area contributed by atoms with Crippen molar-refractivity contribution in [1.82, 2.24) is 4.90 Å². The summed E-state index contributed by atoms with van der Waals surface area (Å²) in [5.74, 6) is 0.428. The second-order valence-electron chi connectivity index (χ2n) is 6.32. The monoisotopic (exact) mass is 374 g/mol. The second-order valence-corrected chi connectivity index (χ2v) is 6.32. The fraction of sp³-hybridized carbons (Fsp3) is 0.130. The van der Waals surface area contributed by atoms with Crippen molar-refractivity contribution in [2.24, 2.45) is 0 Å². The Kier molecular flexibility index (Phi) is 6.07. The summed E-state index contributed by atoms with van der Waals surface area (Å²) in [4.78, 5) is 26.7. The standard InChI is InChI=1S/C23H22N2O3/c1-3-13-25(14-4-2)23(27)17-9-11-20(12-10-17)24-22(26)19-15-18-7-5-6-8-21(18)28-16-19/h3-12,15H,1-2,13-14,16H2,(H,24,26). The third-order valence-corrected chi connectivity index (χ3v) is 4.30. The summed E-state index contributed by atoms with van der Waals surface area (Å²) in [5, 5.41) is 2.84. The first-order valence-corrected chi connectivity index (χ1v) is 8.97. The number of para-hydroxylation sites is 1. The van der Waals surface area contributed by atoms with E-state index in [1.165, 1.54) is 0 Å². The molecule has 0 aliphatic carbocycles. The molecule has 1 N–H and O–H groups in total. The fourth-order valence-corrected chi connectivity index (χ4v) is 2.89. The summed E-state index contributed by atoms with van der Waals surface area (Å²) >= 11 is 0. The van der Waals surface area contributed by atoms with E-state index in [1.54, 1.807) is 41.3 Å². The van der Waals surface area contributed by atoms with E-state index >= 15 is 0 Å². The predicted octanol–water partition coefficient (Wildman–Crippen LogP) is 3.92. The van der Waals surface area contributed by atoms with Crippen LogP contribution < -0.4 is 10.1 Å². The van der Waals surface area contributed by atoms with Crippen molar-refractivity contribution >= 4 is 23.6 Å². The lowest BCUT2D eigenvalue weighted by Gasteiger charge is -2.19. The zero-order chi connectivity index (χ0) is 19.9. The number of benzene rings is 2. The van der Waals surface area contributed by atoms with Gasteiger partial charge in [-0.2, -0.15) is 0 Å². The number of anilines is 1. The average Bonchev–Trinajstić information content (AvgIpc) is 2.73. The van der Waals surface area contributed by atoms with E-state index in [0.717, 1.165) is 11.3 Å². The molecule has 2 aromatic rings. The van der Waals surface area contributed by atoms with E-state index < -0.39 is 0 Å². The van der Waals surface area contributed by atoms with Crippen LogP contribution in [0.3, 0.4) is 0 Å². The van der Waals surface area contributed by atoms with E-state index in [4.69, 9.17) is 4.74 Å². The Balaban J connectivity index is 1.68. The summed E-state index contributed by atoms with van der Waals surface area (Å²) in [6.07, 6.45) is 5.18. The number of hydrogen-bond acceptors (Lipinski definition) is 3. The van der Waals surface area contributed by atoms with E-state index in [9.17, 15) is 9.59 Å². The Bertz CT molecular complexity index is 919. The Morgan fingerprint density at radius 2 is 1.71 bits per heavy atom. The van der Waals surface area contributed by atoms with Crippen LogP contribution in [0, 0.1) is 0 Å². The first-order chi connectivity index (χ1) is 13.6. The molecule has 1 aliphatic rings. The molecule has 0 aromatic heterocycles. The molecule has 0 radical (unpaired) electrons. The molecule has 2 aromatic carbocycles. The van der Waals surface area contributed by atoms with Crippen LogP contribution in [0.2, 0.25) is 0 Å². The molecule has 2 amide bonds. The van der Waals surface area contributed by atoms with Gasteiger partial charge in [-0.15, -0.1) is 13.2 Å². The van der Waals surface area contributed by atoms with Gasteiger partial charge in [-0.3, -0.25) is 9.59 Å². The van der Waals surface area contributed by atoms with Gasteiger partial charge in [0.1, 0.15) is 12.4 Å². The number of fused-ring (bicyclic) bond motifs is 1. The molecule has 1 heterocycles. The number of carbonyl (C=O) groups is 2. The lowest BCUT2D eigenvalue weighted by molar-refractivity contribution is -0.113. The Morgan fingerprint density at radius 3 is 2.39 bits per heavy atom. The van der Waals surface area contributed by atoms with Crippen LogP contribution in [0.5, 0.6) is 5.75 Å². The summed E-state index contributed by atoms with van der Waals surface area (Å²) < 4.78 is 5.62. The topological polar surface area (TPSA) is 58.6 Å². The van der Waals surface area contributed by atoms with Crippen LogP contribution in [0.4, 0.5) is 5.69 Å². The predicted molar refractivity (Wildman–Crippen MR) is 111 cm³/mol. The minimum absolute atomic E-state index is 0.113. The quantitative estimate of drug-likeness (QED) is 0.748. The maximum absolute atomic E-state index is 12.5. The zero-order valence-electron chi connectivity index (χ0n) is 15.6. The molecule has 3 rings (SSSR count). The summed E-state index contributed by atoms with van der Waals surface area (Å²) in [6, 6.07) is 14.4. The van der Waals surface area contributed by atoms with Gasteiger partial charge in [-0.1, -0.05) is 30.4 Å². The molecule has 5 heteroatoms. The first kappa shape index (κ1) is 19.2. The van der Waals surface area contributed by atoms with Gasteiger partial charge < -0.3 is 15.0 Å². The highest BCUT2D eigenvalue weighted by molar-refractivity contribution is 6.07. The number of nitrogens with one attached hydrogen (secondary N) is 1. The maximum atomic E-state index is 12.5. The lowest BCUT2D eigenvalue weighted by atomic mass is 10.1. The van der Waals surface area contributed by atoms with Crippen LogP contribution in [-0.4, -0.2) is 36.4 Å². The van der Waals surface area contributed by atoms with E-state index in [0.29, 0.717) is 29.9 Å². The summed E-state index contributed by atoms with van der Waals surface area (Å²) in [6.45, 7) is 8.45. The lowest BCUT2D eigenvalue weighted by Crippen LogP contribution is -2.31. The van der Waals surface area contributed by atoms with Gasteiger partial charge in [-0.05, 0) is 36.4 Å². The molecular formula is C23H22N2O3. The summed E-state index contributed by atoms with van der Waals surface area (Å²) in [7, 11) is 0. The number of amides is 2. The minimum Gasteiger partial charge on any atom is -0.488 e. The van der Waals surface area contributed by atoms with Crippen molar-refractivity contribution in [1.29, 1.82) is 0 Å². The second kappa shape index (κ2) is 8.86. The van der Waals surface area contributed by atoms with E-state index in [1.807, 2.05) is 30.3 Å². The van der Waals surface area contributed by atoms with Crippen molar-refractivity contribution < 1.29 is 14.3 Å². The molecule has 0 bridgehead atoms. The number of hydrogen-bond donors (Lipinski definition) is 1. The van der Waals surface area contributed by atoms with Gasteiger partial charge in [0.15, 0.2) is 0 Å². The third-order valence-electron chi connectivity index (χ3n) is 4.30. The normalized spacial score (nSPS) is 12.1. The molecule has 1 aliphatic heterocycles. The third kappa shape index (κ3) is 4.38.